The molecule has 0 spiro atoms. The highest BCUT2D eigenvalue weighted by Gasteiger charge is 2.07. The van der Waals surface area contributed by atoms with Crippen molar-refractivity contribution in [3.8, 4) is 0 Å². The van der Waals surface area contributed by atoms with Gasteiger partial charge in [0.15, 0.2) is 0 Å². The van der Waals surface area contributed by atoms with E-state index in [1.165, 1.54) is 38.5 Å². The van der Waals surface area contributed by atoms with Crippen molar-refractivity contribution in [2.45, 2.75) is 64.7 Å². The molecule has 0 aliphatic carbocycles. The first-order chi connectivity index (χ1) is 9.07. The summed E-state index contributed by atoms with van der Waals surface area (Å²) < 4.78 is 0. The standard InChI is InChI=1S/C16H34N2O/c1-5-6-7-8-9-10-11-13-16(19)18(4)15-12-14-17(2)3/h5-15H2,1-4H3. The van der Waals surface area contributed by atoms with Crippen LogP contribution in [-0.4, -0.2) is 49.9 Å². The molecule has 0 aromatic heterocycles. The summed E-state index contributed by atoms with van der Waals surface area (Å²) in [5.41, 5.74) is 0. The molecule has 1 amide bonds. The van der Waals surface area contributed by atoms with Crippen LogP contribution in [0.2, 0.25) is 0 Å². The third-order valence-corrected chi connectivity index (χ3v) is 3.52. The molecule has 0 radical (unpaired) electrons. The molecule has 0 N–H and O–H groups in total. The molecule has 0 unspecified atom stereocenters. The van der Waals surface area contributed by atoms with Gasteiger partial charge >= 0.3 is 0 Å². The fraction of sp³-hybridized carbons (Fsp3) is 0.938. The van der Waals surface area contributed by atoms with Gasteiger partial charge in [0.1, 0.15) is 0 Å². The molecule has 114 valence electrons. The lowest BCUT2D eigenvalue weighted by Crippen LogP contribution is -2.29. The van der Waals surface area contributed by atoms with Crippen molar-refractivity contribution >= 4 is 5.91 Å². The smallest absolute Gasteiger partial charge is 0.222 e. The zero-order valence-electron chi connectivity index (χ0n) is 13.6. The van der Waals surface area contributed by atoms with Gasteiger partial charge in [0.05, 0.1) is 0 Å². The first-order valence-electron chi connectivity index (χ1n) is 7.96. The third kappa shape index (κ3) is 12.2. The normalized spacial score (nSPS) is 11.0. The van der Waals surface area contributed by atoms with Crippen LogP contribution in [0.1, 0.15) is 64.7 Å². The van der Waals surface area contributed by atoms with E-state index in [2.05, 4.69) is 25.9 Å². The first-order valence-corrected chi connectivity index (χ1v) is 7.96. The zero-order chi connectivity index (χ0) is 14.5. The van der Waals surface area contributed by atoms with E-state index in [1.807, 2.05) is 11.9 Å². The fourth-order valence-corrected chi connectivity index (χ4v) is 2.17. The Morgan fingerprint density at radius 3 is 1.95 bits per heavy atom. The Morgan fingerprint density at radius 1 is 0.789 bits per heavy atom. The molecular weight excluding hydrogens is 236 g/mol. The van der Waals surface area contributed by atoms with Crippen molar-refractivity contribution in [2.75, 3.05) is 34.2 Å². The maximum Gasteiger partial charge on any atom is 0.222 e. The maximum absolute atomic E-state index is 11.9. The maximum atomic E-state index is 11.9. The number of unbranched alkanes of at least 4 members (excludes halogenated alkanes) is 6. The van der Waals surface area contributed by atoms with Gasteiger partial charge in [-0.2, -0.15) is 0 Å². The van der Waals surface area contributed by atoms with E-state index in [4.69, 9.17) is 0 Å². The molecule has 0 heterocycles. The van der Waals surface area contributed by atoms with E-state index >= 15 is 0 Å². The van der Waals surface area contributed by atoms with Crippen LogP contribution in [0.3, 0.4) is 0 Å². The van der Waals surface area contributed by atoms with Gasteiger partial charge in [-0.05, 0) is 33.5 Å². The summed E-state index contributed by atoms with van der Waals surface area (Å²) in [6.07, 6.45) is 10.7. The molecule has 0 aliphatic heterocycles. The highest BCUT2D eigenvalue weighted by Crippen LogP contribution is 2.09. The summed E-state index contributed by atoms with van der Waals surface area (Å²) in [6, 6.07) is 0. The summed E-state index contributed by atoms with van der Waals surface area (Å²) in [5, 5.41) is 0. The van der Waals surface area contributed by atoms with Crippen molar-refractivity contribution in [2.24, 2.45) is 0 Å². The van der Waals surface area contributed by atoms with Gasteiger partial charge < -0.3 is 9.80 Å². The minimum absolute atomic E-state index is 0.312. The second-order valence-corrected chi connectivity index (χ2v) is 5.84. The van der Waals surface area contributed by atoms with Crippen LogP contribution < -0.4 is 0 Å². The Labute approximate surface area is 120 Å². The summed E-state index contributed by atoms with van der Waals surface area (Å²) in [7, 11) is 6.07. The SMILES string of the molecule is CCCCCCCCCC(=O)N(C)CCCN(C)C. The number of hydrogen-bond donors (Lipinski definition) is 0. The van der Waals surface area contributed by atoms with Gasteiger partial charge in [0.2, 0.25) is 5.91 Å². The number of carbonyl (C=O) groups is 1. The summed E-state index contributed by atoms with van der Waals surface area (Å²) in [6.45, 7) is 4.17. The minimum atomic E-state index is 0.312. The molecule has 0 saturated heterocycles. The van der Waals surface area contributed by atoms with Crippen LogP contribution in [-0.2, 0) is 4.79 Å². The van der Waals surface area contributed by atoms with Gasteiger partial charge in [-0.25, -0.2) is 0 Å². The van der Waals surface area contributed by atoms with Gasteiger partial charge in [-0.15, -0.1) is 0 Å². The molecule has 0 aliphatic rings. The molecular formula is C16H34N2O. The number of amides is 1. The van der Waals surface area contributed by atoms with E-state index in [0.717, 1.165) is 32.4 Å². The predicted molar refractivity (Wildman–Crippen MR) is 83.4 cm³/mol. The highest BCUT2D eigenvalue weighted by atomic mass is 16.2. The Morgan fingerprint density at radius 2 is 1.37 bits per heavy atom. The zero-order valence-corrected chi connectivity index (χ0v) is 13.6. The molecule has 0 aromatic carbocycles. The third-order valence-electron chi connectivity index (χ3n) is 3.52. The number of rotatable bonds is 12. The topological polar surface area (TPSA) is 23.6 Å². The fourth-order valence-electron chi connectivity index (χ4n) is 2.17. The van der Waals surface area contributed by atoms with Crippen molar-refractivity contribution in [3.63, 3.8) is 0 Å². The first kappa shape index (κ1) is 18.4. The van der Waals surface area contributed by atoms with Crippen LogP contribution in [0.5, 0.6) is 0 Å². The van der Waals surface area contributed by atoms with E-state index in [9.17, 15) is 4.79 Å². The second kappa shape index (κ2) is 12.5. The van der Waals surface area contributed by atoms with Crippen LogP contribution in [0, 0.1) is 0 Å². The predicted octanol–water partition coefficient (Wildman–Crippen LogP) is 3.54. The second-order valence-electron chi connectivity index (χ2n) is 5.84. The molecule has 0 rings (SSSR count). The van der Waals surface area contributed by atoms with Crippen LogP contribution in [0.25, 0.3) is 0 Å². The lowest BCUT2D eigenvalue weighted by Gasteiger charge is -2.18. The Kier molecular flexibility index (Phi) is 12.1. The van der Waals surface area contributed by atoms with Gasteiger partial charge in [-0.3, -0.25) is 4.79 Å². The monoisotopic (exact) mass is 270 g/mol. The summed E-state index contributed by atoms with van der Waals surface area (Å²) >= 11 is 0. The largest absolute Gasteiger partial charge is 0.346 e. The Balaban J connectivity index is 3.41. The lowest BCUT2D eigenvalue weighted by molar-refractivity contribution is -0.130. The number of hydrogen-bond acceptors (Lipinski definition) is 2. The highest BCUT2D eigenvalue weighted by molar-refractivity contribution is 5.75. The van der Waals surface area contributed by atoms with Gasteiger partial charge in [0, 0.05) is 20.0 Å². The molecule has 3 nitrogen and oxygen atoms in total. The molecule has 0 saturated carbocycles. The van der Waals surface area contributed by atoms with Gasteiger partial charge in [0.25, 0.3) is 0 Å². The molecule has 3 heteroatoms. The van der Waals surface area contributed by atoms with E-state index in [-0.39, 0.29) is 0 Å². The number of carbonyl (C=O) groups excluding carboxylic acids is 1. The van der Waals surface area contributed by atoms with Crippen LogP contribution in [0.4, 0.5) is 0 Å². The van der Waals surface area contributed by atoms with E-state index in [1.54, 1.807) is 0 Å². The van der Waals surface area contributed by atoms with Crippen molar-refractivity contribution in [3.05, 3.63) is 0 Å². The van der Waals surface area contributed by atoms with Crippen molar-refractivity contribution in [1.82, 2.24) is 9.80 Å². The Hall–Kier alpha value is -0.570. The average molecular weight is 270 g/mol. The van der Waals surface area contributed by atoms with E-state index in [0.29, 0.717) is 5.91 Å². The number of nitrogens with zero attached hydrogens (tertiary/aromatic N) is 2. The molecule has 0 fully saturated rings. The van der Waals surface area contributed by atoms with Crippen molar-refractivity contribution in [1.29, 1.82) is 0 Å². The quantitative estimate of drug-likeness (QED) is 0.506. The van der Waals surface area contributed by atoms with Gasteiger partial charge in [-0.1, -0.05) is 45.4 Å². The average Bonchev–Trinajstić information content (AvgIpc) is 2.36. The van der Waals surface area contributed by atoms with Crippen LogP contribution >= 0.6 is 0 Å². The van der Waals surface area contributed by atoms with E-state index < -0.39 is 0 Å². The lowest BCUT2D eigenvalue weighted by atomic mass is 10.1. The summed E-state index contributed by atoms with van der Waals surface area (Å²) in [4.78, 5) is 15.9. The summed E-state index contributed by atoms with van der Waals surface area (Å²) in [5.74, 6) is 0.312. The molecule has 19 heavy (non-hydrogen) atoms. The molecule has 0 atom stereocenters. The van der Waals surface area contributed by atoms with Crippen LogP contribution in [0.15, 0.2) is 0 Å². The molecule has 0 aromatic rings. The minimum Gasteiger partial charge on any atom is -0.346 e. The molecule has 0 bridgehead atoms. The van der Waals surface area contributed by atoms with Crippen molar-refractivity contribution < 1.29 is 4.79 Å². The Bertz CT molecular complexity index is 217.